The van der Waals surface area contributed by atoms with Gasteiger partial charge in [-0.2, -0.15) is 0 Å². The average molecular weight is 321 g/mol. The number of hydrogen-bond acceptors (Lipinski definition) is 3. The summed E-state index contributed by atoms with van der Waals surface area (Å²) in [5.41, 5.74) is 0. The Morgan fingerprint density at radius 1 is 1.06 bits per heavy atom. The van der Waals surface area contributed by atoms with Crippen LogP contribution in [0.1, 0.15) is 0 Å². The van der Waals surface area contributed by atoms with E-state index in [0.29, 0.717) is 21.1 Å². The Morgan fingerprint density at radius 3 is 2.56 bits per heavy atom. The molecule has 2 aromatic rings. The second-order valence-corrected chi connectivity index (χ2v) is 5.55. The highest BCUT2D eigenvalue weighted by atomic mass is 35.5. The first-order chi connectivity index (χ1) is 8.61. The number of ether oxygens (including phenoxy) is 1. The fourth-order valence-corrected chi connectivity index (χ4v) is 2.86. The molecule has 2 rings (SSSR count). The Bertz CT molecular complexity index is 577. The van der Waals surface area contributed by atoms with E-state index in [1.165, 1.54) is 11.8 Å². The topological polar surface area (TPSA) is 22.1 Å². The molecule has 0 fully saturated rings. The predicted octanol–water partition coefficient (Wildman–Crippen LogP) is 5.20. The molecule has 1 heterocycles. The highest BCUT2D eigenvalue weighted by Crippen LogP contribution is 2.40. The lowest BCUT2D eigenvalue weighted by Gasteiger charge is -2.08. The minimum absolute atomic E-state index is 0.383. The standard InChI is InChI=1S/C12H8Cl3NOS/c1-17-12-9(5-6-10(14)16-12)18-8-4-2-3-7(13)11(8)15/h2-6H,1H3. The van der Waals surface area contributed by atoms with Crippen LogP contribution in [0.5, 0.6) is 5.88 Å². The van der Waals surface area contributed by atoms with Crippen LogP contribution in [-0.2, 0) is 0 Å². The van der Waals surface area contributed by atoms with Gasteiger partial charge in [-0.1, -0.05) is 52.6 Å². The Kier molecular flexibility index (Phi) is 4.62. The number of pyridine rings is 1. The molecule has 0 unspecified atom stereocenters. The maximum atomic E-state index is 6.13. The van der Waals surface area contributed by atoms with Crippen LogP contribution in [0, 0.1) is 0 Å². The zero-order valence-corrected chi connectivity index (χ0v) is 12.4. The number of methoxy groups -OCH3 is 1. The number of halogens is 3. The summed E-state index contributed by atoms with van der Waals surface area (Å²) in [4.78, 5) is 5.75. The summed E-state index contributed by atoms with van der Waals surface area (Å²) >= 11 is 19.3. The van der Waals surface area contributed by atoms with E-state index in [2.05, 4.69) is 4.98 Å². The van der Waals surface area contributed by atoms with E-state index < -0.39 is 0 Å². The van der Waals surface area contributed by atoms with Gasteiger partial charge in [0.05, 0.1) is 22.1 Å². The van der Waals surface area contributed by atoms with Gasteiger partial charge in [-0.25, -0.2) is 4.98 Å². The summed E-state index contributed by atoms with van der Waals surface area (Å²) in [6, 6.07) is 8.99. The molecule has 0 aliphatic carbocycles. The first-order valence-electron chi connectivity index (χ1n) is 4.94. The van der Waals surface area contributed by atoms with Crippen LogP contribution in [-0.4, -0.2) is 12.1 Å². The van der Waals surface area contributed by atoms with E-state index in [1.807, 2.05) is 18.2 Å². The Labute approximate surface area is 124 Å². The van der Waals surface area contributed by atoms with Crippen molar-refractivity contribution in [1.29, 1.82) is 0 Å². The van der Waals surface area contributed by atoms with Crippen LogP contribution in [0.2, 0.25) is 15.2 Å². The molecule has 0 aliphatic heterocycles. The molecule has 0 bridgehead atoms. The van der Waals surface area contributed by atoms with Gasteiger partial charge in [0.15, 0.2) is 0 Å². The van der Waals surface area contributed by atoms with Crippen LogP contribution in [0.25, 0.3) is 0 Å². The molecule has 0 aliphatic rings. The zero-order chi connectivity index (χ0) is 13.1. The van der Waals surface area contributed by atoms with E-state index in [9.17, 15) is 0 Å². The molecule has 0 radical (unpaired) electrons. The van der Waals surface area contributed by atoms with E-state index in [1.54, 1.807) is 19.2 Å². The predicted molar refractivity (Wildman–Crippen MR) is 76.4 cm³/mol. The van der Waals surface area contributed by atoms with E-state index in [4.69, 9.17) is 39.5 Å². The number of nitrogens with zero attached hydrogens (tertiary/aromatic N) is 1. The lowest BCUT2D eigenvalue weighted by Crippen LogP contribution is -1.90. The molecule has 0 saturated carbocycles. The normalized spacial score (nSPS) is 10.4. The maximum Gasteiger partial charge on any atom is 0.228 e. The molecule has 0 spiro atoms. The molecular formula is C12H8Cl3NOS. The van der Waals surface area contributed by atoms with Gasteiger partial charge in [0, 0.05) is 4.90 Å². The van der Waals surface area contributed by atoms with Crippen LogP contribution in [0.15, 0.2) is 40.1 Å². The molecule has 2 nitrogen and oxygen atoms in total. The molecule has 6 heteroatoms. The SMILES string of the molecule is COc1nc(Cl)ccc1Sc1cccc(Cl)c1Cl. The van der Waals surface area contributed by atoms with Gasteiger partial charge in [0.25, 0.3) is 0 Å². The first-order valence-corrected chi connectivity index (χ1v) is 6.89. The van der Waals surface area contributed by atoms with Crippen molar-refractivity contribution in [3.63, 3.8) is 0 Å². The second-order valence-electron chi connectivity index (χ2n) is 3.30. The molecule has 1 aromatic carbocycles. The smallest absolute Gasteiger partial charge is 0.228 e. The Morgan fingerprint density at radius 2 is 1.83 bits per heavy atom. The quantitative estimate of drug-likeness (QED) is 0.726. The van der Waals surface area contributed by atoms with E-state index in [-0.39, 0.29) is 0 Å². The summed E-state index contributed by atoms with van der Waals surface area (Å²) in [6.45, 7) is 0. The third kappa shape index (κ3) is 3.04. The highest BCUT2D eigenvalue weighted by molar-refractivity contribution is 7.99. The van der Waals surface area contributed by atoms with Gasteiger partial charge in [-0.15, -0.1) is 0 Å². The van der Waals surface area contributed by atoms with Crippen molar-refractivity contribution >= 4 is 46.6 Å². The minimum atomic E-state index is 0.383. The fraction of sp³-hybridized carbons (Fsp3) is 0.0833. The Balaban J connectivity index is 2.37. The molecular weight excluding hydrogens is 313 g/mol. The van der Waals surface area contributed by atoms with Crippen molar-refractivity contribution < 1.29 is 4.74 Å². The van der Waals surface area contributed by atoms with Gasteiger partial charge in [-0.3, -0.25) is 0 Å². The van der Waals surface area contributed by atoms with E-state index in [0.717, 1.165) is 9.79 Å². The van der Waals surface area contributed by atoms with Crippen molar-refractivity contribution in [2.45, 2.75) is 9.79 Å². The monoisotopic (exact) mass is 319 g/mol. The molecule has 0 saturated heterocycles. The molecule has 0 N–H and O–H groups in total. The lowest BCUT2D eigenvalue weighted by atomic mass is 10.4. The second kappa shape index (κ2) is 6.02. The highest BCUT2D eigenvalue weighted by Gasteiger charge is 2.11. The summed E-state index contributed by atoms with van der Waals surface area (Å²) in [5.74, 6) is 0.462. The number of hydrogen-bond donors (Lipinski definition) is 0. The van der Waals surface area contributed by atoms with Gasteiger partial charge >= 0.3 is 0 Å². The Hall–Kier alpha value is -0.610. The van der Waals surface area contributed by atoms with Crippen molar-refractivity contribution in [1.82, 2.24) is 4.98 Å². The van der Waals surface area contributed by atoms with Gasteiger partial charge in [0.2, 0.25) is 5.88 Å². The summed E-state index contributed by atoms with van der Waals surface area (Å²) < 4.78 is 5.18. The van der Waals surface area contributed by atoms with Crippen molar-refractivity contribution in [2.75, 3.05) is 7.11 Å². The summed E-state index contributed by atoms with van der Waals surface area (Å²) in [6.07, 6.45) is 0. The average Bonchev–Trinajstić information content (AvgIpc) is 2.37. The van der Waals surface area contributed by atoms with Gasteiger partial charge < -0.3 is 4.74 Å². The van der Waals surface area contributed by atoms with Gasteiger partial charge in [-0.05, 0) is 24.3 Å². The van der Waals surface area contributed by atoms with Crippen LogP contribution in [0.3, 0.4) is 0 Å². The third-order valence-corrected chi connectivity index (χ3v) is 4.35. The molecule has 18 heavy (non-hydrogen) atoms. The van der Waals surface area contributed by atoms with Gasteiger partial charge in [0.1, 0.15) is 5.15 Å². The largest absolute Gasteiger partial charge is 0.480 e. The molecule has 1 aromatic heterocycles. The van der Waals surface area contributed by atoms with Crippen LogP contribution in [0.4, 0.5) is 0 Å². The van der Waals surface area contributed by atoms with E-state index >= 15 is 0 Å². The molecule has 94 valence electrons. The minimum Gasteiger partial charge on any atom is -0.480 e. The van der Waals surface area contributed by atoms with Crippen molar-refractivity contribution in [3.8, 4) is 5.88 Å². The summed E-state index contributed by atoms with van der Waals surface area (Å²) in [7, 11) is 1.54. The lowest BCUT2D eigenvalue weighted by molar-refractivity contribution is 0.387. The number of benzene rings is 1. The van der Waals surface area contributed by atoms with Crippen LogP contribution < -0.4 is 4.74 Å². The number of aromatic nitrogens is 1. The number of rotatable bonds is 3. The fourth-order valence-electron chi connectivity index (χ4n) is 1.31. The zero-order valence-electron chi connectivity index (χ0n) is 9.28. The maximum absolute atomic E-state index is 6.13. The van der Waals surface area contributed by atoms with Crippen molar-refractivity contribution in [3.05, 3.63) is 45.5 Å². The first kappa shape index (κ1) is 13.8. The molecule has 0 atom stereocenters. The third-order valence-electron chi connectivity index (χ3n) is 2.12. The van der Waals surface area contributed by atoms with Crippen molar-refractivity contribution in [2.24, 2.45) is 0 Å². The molecule has 0 amide bonds. The summed E-state index contributed by atoms with van der Waals surface area (Å²) in [5, 5.41) is 1.41. The van der Waals surface area contributed by atoms with Crippen LogP contribution >= 0.6 is 46.6 Å².